The summed E-state index contributed by atoms with van der Waals surface area (Å²) < 4.78 is 11.1. The van der Waals surface area contributed by atoms with Crippen LogP contribution in [0.2, 0.25) is 0 Å². The standard InChI is InChI=1S/C35H51N3O6/c1-12-24(4)38(31(40)25(5)36-33(42)44-35(9,10)11)29(27-19-22(2)18-23(3)20-27)30(39)37-28(32(41)43-34(6,7)8)21-26-16-14-13-15-17-26/h13-20,24-25,28-29H,12,21H2,1-11H3,(H,36,42)(H,37,39). The highest BCUT2D eigenvalue weighted by Crippen LogP contribution is 2.28. The molecule has 0 bridgehead atoms. The van der Waals surface area contributed by atoms with Gasteiger partial charge < -0.3 is 25.0 Å². The van der Waals surface area contributed by atoms with E-state index in [1.807, 2.05) is 76.2 Å². The monoisotopic (exact) mass is 609 g/mol. The number of rotatable bonds is 11. The molecule has 0 aliphatic heterocycles. The van der Waals surface area contributed by atoms with Crippen LogP contribution in [-0.4, -0.2) is 58.1 Å². The van der Waals surface area contributed by atoms with Crippen molar-refractivity contribution in [3.63, 3.8) is 0 Å². The van der Waals surface area contributed by atoms with Crippen LogP contribution in [0.5, 0.6) is 0 Å². The van der Waals surface area contributed by atoms with E-state index in [2.05, 4.69) is 10.6 Å². The summed E-state index contributed by atoms with van der Waals surface area (Å²) in [6.07, 6.45) is 0.0104. The number of carbonyl (C=O) groups is 4. The van der Waals surface area contributed by atoms with Crippen LogP contribution in [0, 0.1) is 13.8 Å². The van der Waals surface area contributed by atoms with Crippen LogP contribution < -0.4 is 10.6 Å². The molecule has 4 atom stereocenters. The van der Waals surface area contributed by atoms with Gasteiger partial charge in [-0.15, -0.1) is 0 Å². The zero-order valence-corrected chi connectivity index (χ0v) is 28.2. The Morgan fingerprint density at radius 3 is 1.86 bits per heavy atom. The van der Waals surface area contributed by atoms with Gasteiger partial charge in [-0.1, -0.05) is 66.6 Å². The second kappa shape index (κ2) is 15.2. The van der Waals surface area contributed by atoms with Gasteiger partial charge in [0.2, 0.25) is 11.8 Å². The fourth-order valence-corrected chi connectivity index (χ4v) is 4.84. The minimum Gasteiger partial charge on any atom is -0.458 e. The summed E-state index contributed by atoms with van der Waals surface area (Å²) in [5.41, 5.74) is 1.76. The zero-order valence-electron chi connectivity index (χ0n) is 28.2. The topological polar surface area (TPSA) is 114 Å². The first-order valence-corrected chi connectivity index (χ1v) is 15.3. The molecule has 0 spiro atoms. The quantitative estimate of drug-likeness (QED) is 0.304. The van der Waals surface area contributed by atoms with Crippen molar-refractivity contribution in [3.8, 4) is 0 Å². The first kappa shape index (κ1) is 36.3. The molecule has 0 aromatic heterocycles. The van der Waals surface area contributed by atoms with E-state index in [1.165, 1.54) is 4.90 Å². The van der Waals surface area contributed by atoms with Gasteiger partial charge in [0.05, 0.1) is 0 Å². The van der Waals surface area contributed by atoms with Crippen molar-refractivity contribution in [2.75, 3.05) is 0 Å². The van der Waals surface area contributed by atoms with Crippen LogP contribution in [0.4, 0.5) is 4.79 Å². The third-order valence-electron chi connectivity index (χ3n) is 6.80. The number of nitrogens with one attached hydrogen (secondary N) is 2. The molecule has 4 unspecified atom stereocenters. The summed E-state index contributed by atoms with van der Waals surface area (Å²) in [6.45, 7) is 19.7. The number of hydrogen-bond donors (Lipinski definition) is 2. The van der Waals surface area contributed by atoms with Crippen LogP contribution in [-0.2, 0) is 30.3 Å². The maximum absolute atomic E-state index is 14.4. The minimum atomic E-state index is -1.10. The van der Waals surface area contributed by atoms with Gasteiger partial charge in [0.15, 0.2) is 0 Å². The van der Waals surface area contributed by atoms with E-state index in [0.717, 1.165) is 16.7 Å². The third-order valence-corrected chi connectivity index (χ3v) is 6.80. The number of amides is 3. The Bertz CT molecular complexity index is 1280. The second-order valence-electron chi connectivity index (χ2n) is 13.5. The number of ether oxygens (including phenoxy) is 2. The van der Waals surface area contributed by atoms with Gasteiger partial charge in [-0.2, -0.15) is 0 Å². The Morgan fingerprint density at radius 1 is 0.818 bits per heavy atom. The van der Waals surface area contributed by atoms with Gasteiger partial charge in [0, 0.05) is 12.5 Å². The van der Waals surface area contributed by atoms with Gasteiger partial charge in [0.1, 0.15) is 29.3 Å². The smallest absolute Gasteiger partial charge is 0.408 e. The Balaban J connectivity index is 2.59. The molecular weight excluding hydrogens is 558 g/mol. The molecule has 2 N–H and O–H groups in total. The summed E-state index contributed by atoms with van der Waals surface area (Å²) in [5, 5.41) is 5.55. The van der Waals surface area contributed by atoms with E-state index in [4.69, 9.17) is 9.47 Å². The molecule has 2 aromatic rings. The number of esters is 1. The average Bonchev–Trinajstić information content (AvgIpc) is 2.88. The summed E-state index contributed by atoms with van der Waals surface area (Å²) >= 11 is 0. The molecule has 0 aliphatic carbocycles. The van der Waals surface area contributed by atoms with Crippen molar-refractivity contribution in [1.29, 1.82) is 0 Å². The van der Waals surface area contributed by atoms with Gasteiger partial charge in [-0.05, 0) is 86.8 Å². The predicted molar refractivity (Wildman–Crippen MR) is 172 cm³/mol. The first-order valence-electron chi connectivity index (χ1n) is 15.3. The molecule has 0 fully saturated rings. The highest BCUT2D eigenvalue weighted by molar-refractivity contribution is 5.94. The summed E-state index contributed by atoms with van der Waals surface area (Å²) in [7, 11) is 0. The van der Waals surface area contributed by atoms with Crippen molar-refractivity contribution in [3.05, 3.63) is 70.8 Å². The Hall–Kier alpha value is -3.88. The van der Waals surface area contributed by atoms with Gasteiger partial charge >= 0.3 is 12.1 Å². The molecule has 3 amide bonds. The lowest BCUT2D eigenvalue weighted by atomic mass is 9.96. The normalized spacial score (nSPS) is 14.4. The third kappa shape index (κ3) is 11.3. The first-order chi connectivity index (χ1) is 20.3. The van der Waals surface area contributed by atoms with E-state index < -0.39 is 59.2 Å². The van der Waals surface area contributed by atoms with Gasteiger partial charge in [0.25, 0.3) is 0 Å². The highest BCUT2D eigenvalue weighted by Gasteiger charge is 2.39. The fourth-order valence-electron chi connectivity index (χ4n) is 4.84. The number of benzene rings is 2. The van der Waals surface area contributed by atoms with Gasteiger partial charge in [-0.25, -0.2) is 9.59 Å². The molecule has 9 heteroatoms. The molecule has 0 heterocycles. The summed E-state index contributed by atoms with van der Waals surface area (Å²) in [4.78, 5) is 56.0. The molecule has 44 heavy (non-hydrogen) atoms. The molecule has 2 aromatic carbocycles. The summed E-state index contributed by atoms with van der Waals surface area (Å²) in [5.74, 6) is -1.56. The Labute approximate surface area is 263 Å². The van der Waals surface area contributed by atoms with E-state index in [-0.39, 0.29) is 6.42 Å². The van der Waals surface area contributed by atoms with Crippen molar-refractivity contribution in [2.45, 2.75) is 124 Å². The minimum absolute atomic E-state index is 0.203. The summed E-state index contributed by atoms with van der Waals surface area (Å²) in [6, 6.07) is 11.6. The largest absolute Gasteiger partial charge is 0.458 e. The lowest BCUT2D eigenvalue weighted by Gasteiger charge is -2.38. The average molecular weight is 610 g/mol. The van der Waals surface area contributed by atoms with Crippen LogP contribution in [0.3, 0.4) is 0 Å². The molecule has 0 saturated heterocycles. The zero-order chi connectivity index (χ0) is 33.4. The van der Waals surface area contributed by atoms with Crippen LogP contribution in [0.25, 0.3) is 0 Å². The lowest BCUT2D eigenvalue weighted by Crippen LogP contribution is -2.56. The van der Waals surface area contributed by atoms with E-state index in [1.54, 1.807) is 48.5 Å². The maximum atomic E-state index is 14.4. The molecule has 0 radical (unpaired) electrons. The second-order valence-corrected chi connectivity index (χ2v) is 13.5. The number of hydrogen-bond acceptors (Lipinski definition) is 6. The SMILES string of the molecule is CCC(C)N(C(=O)C(C)NC(=O)OC(C)(C)C)C(C(=O)NC(Cc1ccccc1)C(=O)OC(C)(C)C)c1cc(C)cc(C)c1. The van der Waals surface area contributed by atoms with Crippen molar-refractivity contribution in [2.24, 2.45) is 0 Å². The van der Waals surface area contributed by atoms with Crippen LogP contribution >= 0.6 is 0 Å². The van der Waals surface area contributed by atoms with Crippen LogP contribution in [0.15, 0.2) is 48.5 Å². The van der Waals surface area contributed by atoms with Crippen molar-refractivity contribution >= 4 is 23.9 Å². The van der Waals surface area contributed by atoms with Gasteiger partial charge in [-0.3, -0.25) is 9.59 Å². The number of nitrogens with zero attached hydrogens (tertiary/aromatic N) is 1. The molecule has 0 aliphatic rings. The number of carbonyl (C=O) groups excluding carboxylic acids is 4. The molecule has 0 saturated carbocycles. The van der Waals surface area contributed by atoms with Crippen molar-refractivity contribution < 1.29 is 28.7 Å². The maximum Gasteiger partial charge on any atom is 0.408 e. The molecule has 2 rings (SSSR count). The van der Waals surface area contributed by atoms with E-state index in [9.17, 15) is 19.2 Å². The highest BCUT2D eigenvalue weighted by atomic mass is 16.6. The molecule has 9 nitrogen and oxygen atoms in total. The fraction of sp³-hybridized carbons (Fsp3) is 0.543. The Morgan fingerprint density at radius 2 is 1.36 bits per heavy atom. The Kier molecular flexibility index (Phi) is 12.6. The molecular formula is C35H51N3O6. The van der Waals surface area contributed by atoms with E-state index >= 15 is 0 Å². The van der Waals surface area contributed by atoms with Crippen molar-refractivity contribution in [1.82, 2.24) is 15.5 Å². The number of alkyl carbamates (subject to hydrolysis) is 1. The van der Waals surface area contributed by atoms with E-state index in [0.29, 0.717) is 12.0 Å². The van der Waals surface area contributed by atoms with Crippen LogP contribution in [0.1, 0.15) is 97.0 Å². The number of aryl methyl sites for hydroxylation is 2. The molecule has 242 valence electrons. The predicted octanol–water partition coefficient (Wildman–Crippen LogP) is 5.95. The lowest BCUT2D eigenvalue weighted by molar-refractivity contribution is -0.159.